The predicted molar refractivity (Wildman–Crippen MR) is 105 cm³/mol. The molecule has 1 aliphatic heterocycles. The van der Waals surface area contributed by atoms with E-state index in [9.17, 15) is 26.4 Å². The van der Waals surface area contributed by atoms with Crippen molar-refractivity contribution in [2.75, 3.05) is 24.7 Å². The third kappa shape index (κ3) is 5.96. The number of alkyl halides is 3. The summed E-state index contributed by atoms with van der Waals surface area (Å²) >= 11 is 0. The number of ether oxygens (including phenoxy) is 1. The van der Waals surface area contributed by atoms with Crippen molar-refractivity contribution in [3.63, 3.8) is 0 Å². The summed E-state index contributed by atoms with van der Waals surface area (Å²) in [5.74, 6) is -1.54. The molecule has 0 saturated carbocycles. The molecular weight excluding hydrogens is 421 g/mol. The Morgan fingerprint density at radius 1 is 1.07 bits per heavy atom. The molecule has 0 unspecified atom stereocenters. The number of sulfonamides is 1. The van der Waals surface area contributed by atoms with Crippen molar-refractivity contribution >= 4 is 21.6 Å². The van der Waals surface area contributed by atoms with Gasteiger partial charge in [-0.25, -0.2) is 12.7 Å². The number of nitrogens with one attached hydrogen (secondary N) is 1. The largest absolute Gasteiger partial charge is 0.573 e. The minimum atomic E-state index is -4.80. The van der Waals surface area contributed by atoms with E-state index in [0.717, 1.165) is 24.0 Å². The number of carbonyl (C=O) groups is 1. The Kier molecular flexibility index (Phi) is 6.37. The Morgan fingerprint density at radius 3 is 2.27 bits per heavy atom. The van der Waals surface area contributed by atoms with Gasteiger partial charge in [-0.15, -0.1) is 13.2 Å². The van der Waals surface area contributed by atoms with E-state index >= 15 is 0 Å². The number of piperidine rings is 1. The quantitative estimate of drug-likeness (QED) is 0.768. The van der Waals surface area contributed by atoms with Crippen LogP contribution in [0.3, 0.4) is 0 Å². The molecule has 2 atom stereocenters. The number of amides is 1. The molecule has 1 fully saturated rings. The van der Waals surface area contributed by atoms with Crippen molar-refractivity contribution in [1.82, 2.24) is 4.31 Å². The summed E-state index contributed by atoms with van der Waals surface area (Å²) in [7, 11) is -3.50. The number of halogens is 3. The maximum absolute atomic E-state index is 12.8. The lowest BCUT2D eigenvalue weighted by atomic mass is 9.85. The Hall–Kier alpha value is -2.59. The summed E-state index contributed by atoms with van der Waals surface area (Å²) in [6.45, 7) is 0.333. The first-order chi connectivity index (χ1) is 14.0. The summed E-state index contributed by atoms with van der Waals surface area (Å²) in [6, 6.07) is 14.1. The van der Waals surface area contributed by atoms with Crippen LogP contribution in [0.4, 0.5) is 18.9 Å². The van der Waals surface area contributed by atoms with E-state index in [1.165, 1.54) is 16.4 Å². The van der Waals surface area contributed by atoms with Crippen molar-refractivity contribution in [1.29, 1.82) is 0 Å². The molecule has 1 heterocycles. The fraction of sp³-hybridized carbons (Fsp3) is 0.350. The highest BCUT2D eigenvalue weighted by Gasteiger charge is 2.36. The average Bonchev–Trinajstić information content (AvgIpc) is 2.68. The van der Waals surface area contributed by atoms with Gasteiger partial charge in [-0.3, -0.25) is 4.79 Å². The lowest BCUT2D eigenvalue weighted by Crippen LogP contribution is -2.46. The van der Waals surface area contributed by atoms with Gasteiger partial charge in [-0.05, 0) is 42.2 Å². The van der Waals surface area contributed by atoms with E-state index in [0.29, 0.717) is 12.1 Å². The van der Waals surface area contributed by atoms with Crippen LogP contribution in [0.15, 0.2) is 54.6 Å². The maximum Gasteiger partial charge on any atom is 0.573 e. The van der Waals surface area contributed by atoms with Gasteiger partial charge in [0.15, 0.2) is 0 Å². The van der Waals surface area contributed by atoms with Gasteiger partial charge in [0.05, 0.1) is 12.2 Å². The molecule has 10 heteroatoms. The first-order valence-electron chi connectivity index (χ1n) is 9.18. The van der Waals surface area contributed by atoms with E-state index in [1.807, 2.05) is 30.3 Å². The molecule has 1 saturated heterocycles. The zero-order valence-corrected chi connectivity index (χ0v) is 16.9. The third-order valence-corrected chi connectivity index (χ3v) is 6.12. The molecule has 3 rings (SSSR count). The van der Waals surface area contributed by atoms with Crippen molar-refractivity contribution < 1.29 is 31.1 Å². The number of rotatable bonds is 5. The second kappa shape index (κ2) is 8.65. The summed E-state index contributed by atoms with van der Waals surface area (Å²) in [4.78, 5) is 12.8. The van der Waals surface area contributed by atoms with Crippen LogP contribution in [0.1, 0.15) is 17.9 Å². The molecule has 1 N–H and O–H groups in total. The number of hydrogen-bond donors (Lipinski definition) is 1. The summed E-state index contributed by atoms with van der Waals surface area (Å²) in [5, 5.41) is 2.65. The van der Waals surface area contributed by atoms with Crippen LogP contribution in [-0.4, -0.2) is 44.3 Å². The van der Waals surface area contributed by atoms with Crippen LogP contribution in [0.25, 0.3) is 0 Å². The second-order valence-corrected chi connectivity index (χ2v) is 9.16. The van der Waals surface area contributed by atoms with E-state index < -0.39 is 34.0 Å². The highest BCUT2D eigenvalue weighted by atomic mass is 32.2. The Bertz CT molecular complexity index is 979. The molecule has 0 spiro atoms. The smallest absolute Gasteiger partial charge is 0.406 e. The summed E-state index contributed by atoms with van der Waals surface area (Å²) in [5.41, 5.74) is 1.24. The molecule has 0 aromatic heterocycles. The first kappa shape index (κ1) is 22.1. The molecule has 6 nitrogen and oxygen atoms in total. The van der Waals surface area contributed by atoms with Crippen LogP contribution in [0.5, 0.6) is 5.75 Å². The van der Waals surface area contributed by atoms with Crippen molar-refractivity contribution in [3.8, 4) is 5.75 Å². The van der Waals surface area contributed by atoms with Gasteiger partial charge in [-0.2, -0.15) is 0 Å². The van der Waals surface area contributed by atoms with Crippen LogP contribution in [0.2, 0.25) is 0 Å². The van der Waals surface area contributed by atoms with E-state index in [4.69, 9.17) is 0 Å². The molecule has 0 radical (unpaired) electrons. The topological polar surface area (TPSA) is 75.7 Å². The van der Waals surface area contributed by atoms with Gasteiger partial charge in [-0.1, -0.05) is 30.3 Å². The van der Waals surface area contributed by atoms with Gasteiger partial charge < -0.3 is 10.1 Å². The predicted octanol–water partition coefficient (Wildman–Crippen LogP) is 3.59. The monoisotopic (exact) mass is 442 g/mol. The normalized spacial score (nSPS) is 20.5. The molecule has 2 aromatic rings. The lowest BCUT2D eigenvalue weighted by molar-refractivity contribution is -0.274. The fourth-order valence-corrected chi connectivity index (χ4v) is 4.37. The molecule has 30 heavy (non-hydrogen) atoms. The Morgan fingerprint density at radius 2 is 1.70 bits per heavy atom. The fourth-order valence-electron chi connectivity index (χ4n) is 3.47. The Labute approximate surface area is 172 Å². The summed E-state index contributed by atoms with van der Waals surface area (Å²) in [6.07, 6.45) is -3.24. The minimum absolute atomic E-state index is 0.0449. The molecule has 0 bridgehead atoms. The van der Waals surface area contributed by atoms with Gasteiger partial charge >= 0.3 is 6.36 Å². The summed E-state index contributed by atoms with van der Waals surface area (Å²) < 4.78 is 66.1. The van der Waals surface area contributed by atoms with Gasteiger partial charge in [0.1, 0.15) is 5.75 Å². The first-order valence-corrected chi connectivity index (χ1v) is 11.0. The number of benzene rings is 2. The van der Waals surface area contributed by atoms with Crippen LogP contribution in [-0.2, 0) is 14.8 Å². The highest BCUT2D eigenvalue weighted by molar-refractivity contribution is 7.88. The van der Waals surface area contributed by atoms with Crippen LogP contribution < -0.4 is 10.1 Å². The number of anilines is 1. The molecule has 0 aliphatic carbocycles. The van der Waals surface area contributed by atoms with Crippen LogP contribution >= 0.6 is 0 Å². The highest BCUT2D eigenvalue weighted by Crippen LogP contribution is 2.32. The van der Waals surface area contributed by atoms with E-state index in [-0.39, 0.29) is 19.0 Å². The number of hydrogen-bond acceptors (Lipinski definition) is 4. The molecule has 1 amide bonds. The van der Waals surface area contributed by atoms with Gasteiger partial charge in [0, 0.05) is 18.8 Å². The zero-order chi connectivity index (χ0) is 21.9. The Balaban J connectivity index is 1.73. The van der Waals surface area contributed by atoms with Gasteiger partial charge in [0.2, 0.25) is 15.9 Å². The molecule has 162 valence electrons. The maximum atomic E-state index is 12.8. The molecular formula is C20H21F3N2O4S. The lowest BCUT2D eigenvalue weighted by Gasteiger charge is -2.36. The minimum Gasteiger partial charge on any atom is -0.406 e. The number of nitrogens with zero attached hydrogens (tertiary/aromatic N) is 1. The number of carbonyl (C=O) groups excluding carboxylic acids is 1. The van der Waals surface area contributed by atoms with Crippen molar-refractivity contribution in [2.24, 2.45) is 5.92 Å². The van der Waals surface area contributed by atoms with Gasteiger partial charge in [0.25, 0.3) is 0 Å². The molecule has 1 aliphatic rings. The molecule has 2 aromatic carbocycles. The zero-order valence-electron chi connectivity index (χ0n) is 16.1. The third-order valence-electron chi connectivity index (χ3n) is 4.88. The van der Waals surface area contributed by atoms with Crippen molar-refractivity contribution in [3.05, 3.63) is 60.2 Å². The van der Waals surface area contributed by atoms with Crippen molar-refractivity contribution in [2.45, 2.75) is 18.7 Å². The van der Waals surface area contributed by atoms with E-state index in [1.54, 1.807) is 0 Å². The standard InChI is InChI=1S/C20H21F3N2O4S/c1-30(27,28)25-12-15(14-5-3-2-4-6-14)11-16(13-25)19(26)24-17-7-9-18(10-8-17)29-20(21,22)23/h2-10,15-16H,11-13H2,1H3,(H,24,26)/t15-,16-/m1/s1. The van der Waals surface area contributed by atoms with Crippen LogP contribution in [0, 0.1) is 5.92 Å². The average molecular weight is 442 g/mol. The SMILES string of the molecule is CS(=O)(=O)N1C[C@H](C(=O)Nc2ccc(OC(F)(F)F)cc2)C[C@@H](c2ccccc2)C1. The second-order valence-electron chi connectivity index (χ2n) is 7.18. The van der Waals surface area contributed by atoms with E-state index in [2.05, 4.69) is 10.1 Å².